The second kappa shape index (κ2) is 6.82. The topological polar surface area (TPSA) is 29.1 Å². The van der Waals surface area contributed by atoms with Crippen molar-refractivity contribution in [2.24, 2.45) is 0 Å². The zero-order valence-corrected chi connectivity index (χ0v) is 13.6. The van der Waals surface area contributed by atoms with E-state index in [-0.39, 0.29) is 5.78 Å². The summed E-state index contributed by atoms with van der Waals surface area (Å²) in [6, 6.07) is 13.4. The van der Waals surface area contributed by atoms with Gasteiger partial charge in [-0.05, 0) is 48.2 Å². The molecular weight excluding hydrogens is 317 g/mol. The van der Waals surface area contributed by atoms with Gasteiger partial charge < -0.3 is 5.32 Å². The molecule has 0 spiro atoms. The second-order valence-electron chi connectivity index (χ2n) is 5.66. The van der Waals surface area contributed by atoms with E-state index in [1.807, 2.05) is 12.1 Å². The van der Waals surface area contributed by atoms with E-state index in [4.69, 9.17) is 23.2 Å². The van der Waals surface area contributed by atoms with Crippen LogP contribution < -0.4 is 5.32 Å². The first kappa shape index (κ1) is 15.5. The molecule has 1 heterocycles. The summed E-state index contributed by atoms with van der Waals surface area (Å²) in [5.74, 6) is 0.647. The van der Waals surface area contributed by atoms with Gasteiger partial charge in [0.15, 0.2) is 5.78 Å². The molecule has 0 amide bonds. The molecule has 2 nitrogen and oxygen atoms in total. The summed E-state index contributed by atoms with van der Waals surface area (Å²) < 4.78 is 0. The molecule has 4 heteroatoms. The van der Waals surface area contributed by atoms with E-state index in [1.54, 1.807) is 18.2 Å². The minimum atomic E-state index is 0.0499. The molecular formula is C18H17Cl2NO. The maximum atomic E-state index is 12.3. The Morgan fingerprint density at radius 1 is 1.09 bits per heavy atom. The molecule has 114 valence electrons. The van der Waals surface area contributed by atoms with Crippen molar-refractivity contribution in [1.29, 1.82) is 0 Å². The molecule has 3 rings (SSSR count). The smallest absolute Gasteiger partial charge is 0.167 e. The lowest BCUT2D eigenvalue weighted by Crippen LogP contribution is -2.08. The average Bonchev–Trinajstić information content (AvgIpc) is 3.05. The SMILES string of the molecule is O=C(Cc1ccc(C2CCNC2)cc1)c1ccc(Cl)c(Cl)c1. The maximum Gasteiger partial charge on any atom is 0.167 e. The Balaban J connectivity index is 1.69. The van der Waals surface area contributed by atoms with Crippen molar-refractivity contribution < 1.29 is 4.79 Å². The highest BCUT2D eigenvalue weighted by Gasteiger charge is 2.16. The summed E-state index contributed by atoms with van der Waals surface area (Å²) in [4.78, 5) is 12.3. The first-order valence-corrected chi connectivity index (χ1v) is 8.17. The fourth-order valence-corrected chi connectivity index (χ4v) is 3.10. The highest BCUT2D eigenvalue weighted by molar-refractivity contribution is 6.42. The van der Waals surface area contributed by atoms with Gasteiger partial charge >= 0.3 is 0 Å². The van der Waals surface area contributed by atoms with Crippen molar-refractivity contribution in [2.75, 3.05) is 13.1 Å². The number of Topliss-reactive ketones (excluding diaryl/α,β-unsaturated/α-hetero) is 1. The van der Waals surface area contributed by atoms with Crippen molar-refractivity contribution in [3.63, 3.8) is 0 Å². The molecule has 1 N–H and O–H groups in total. The van der Waals surface area contributed by atoms with E-state index in [2.05, 4.69) is 17.4 Å². The van der Waals surface area contributed by atoms with Gasteiger partial charge in [-0.1, -0.05) is 47.5 Å². The van der Waals surface area contributed by atoms with E-state index in [0.29, 0.717) is 27.9 Å². The van der Waals surface area contributed by atoms with Crippen molar-refractivity contribution in [3.8, 4) is 0 Å². The fraction of sp³-hybridized carbons (Fsp3) is 0.278. The van der Waals surface area contributed by atoms with Gasteiger partial charge in [-0.25, -0.2) is 0 Å². The van der Waals surface area contributed by atoms with Crippen molar-refractivity contribution in [3.05, 3.63) is 69.2 Å². The summed E-state index contributed by atoms with van der Waals surface area (Å²) in [5, 5.41) is 4.25. The van der Waals surface area contributed by atoms with E-state index >= 15 is 0 Å². The van der Waals surface area contributed by atoms with E-state index in [9.17, 15) is 4.79 Å². The molecule has 0 aliphatic carbocycles. The molecule has 1 aliphatic heterocycles. The first-order valence-electron chi connectivity index (χ1n) is 7.41. The van der Waals surface area contributed by atoms with Crippen LogP contribution >= 0.6 is 23.2 Å². The first-order chi connectivity index (χ1) is 10.6. The summed E-state index contributed by atoms with van der Waals surface area (Å²) in [7, 11) is 0. The average molecular weight is 334 g/mol. The van der Waals surface area contributed by atoms with Gasteiger partial charge in [0.1, 0.15) is 0 Å². The van der Waals surface area contributed by atoms with Crippen LogP contribution in [0.5, 0.6) is 0 Å². The minimum Gasteiger partial charge on any atom is -0.316 e. The molecule has 1 fully saturated rings. The quantitative estimate of drug-likeness (QED) is 0.835. The standard InChI is InChI=1S/C18H17Cl2NO/c19-16-6-5-14(10-17(16)20)18(22)9-12-1-3-13(4-2-12)15-7-8-21-11-15/h1-6,10,15,21H,7-9,11H2. The van der Waals surface area contributed by atoms with Crippen LogP contribution in [0.2, 0.25) is 10.0 Å². The number of halogens is 2. The number of carbonyl (C=O) groups excluding carboxylic acids is 1. The lowest BCUT2D eigenvalue weighted by molar-refractivity contribution is 0.0993. The van der Waals surface area contributed by atoms with Crippen LogP contribution in [-0.4, -0.2) is 18.9 Å². The number of hydrogen-bond acceptors (Lipinski definition) is 2. The van der Waals surface area contributed by atoms with Crippen molar-refractivity contribution in [1.82, 2.24) is 5.32 Å². The Kier molecular flexibility index (Phi) is 4.82. The number of nitrogens with one attached hydrogen (secondary N) is 1. The van der Waals surface area contributed by atoms with Gasteiger partial charge in [0.2, 0.25) is 0 Å². The van der Waals surface area contributed by atoms with Gasteiger partial charge in [-0.2, -0.15) is 0 Å². The van der Waals surface area contributed by atoms with Crippen LogP contribution in [-0.2, 0) is 6.42 Å². The largest absolute Gasteiger partial charge is 0.316 e. The van der Waals surface area contributed by atoms with Gasteiger partial charge in [-0.15, -0.1) is 0 Å². The molecule has 1 aliphatic rings. The minimum absolute atomic E-state index is 0.0499. The Labute approximate surface area is 140 Å². The van der Waals surface area contributed by atoms with Crippen molar-refractivity contribution >= 4 is 29.0 Å². The van der Waals surface area contributed by atoms with E-state index < -0.39 is 0 Å². The molecule has 1 unspecified atom stereocenters. The summed E-state index contributed by atoms with van der Waals surface area (Å²) in [6.07, 6.45) is 1.56. The van der Waals surface area contributed by atoms with E-state index in [1.165, 1.54) is 12.0 Å². The Bertz CT molecular complexity index is 676. The molecule has 0 radical (unpaired) electrons. The Morgan fingerprint density at radius 2 is 1.86 bits per heavy atom. The van der Waals surface area contributed by atoms with Crippen LogP contribution in [0.4, 0.5) is 0 Å². The molecule has 2 aromatic carbocycles. The molecule has 2 aromatic rings. The summed E-state index contributed by atoms with van der Waals surface area (Å²) in [6.45, 7) is 2.13. The number of rotatable bonds is 4. The molecule has 1 saturated heterocycles. The Morgan fingerprint density at radius 3 is 2.50 bits per heavy atom. The monoisotopic (exact) mass is 333 g/mol. The number of ketones is 1. The molecule has 22 heavy (non-hydrogen) atoms. The van der Waals surface area contributed by atoms with Crippen molar-refractivity contribution in [2.45, 2.75) is 18.8 Å². The third kappa shape index (κ3) is 3.52. The Hall–Kier alpha value is -1.35. The van der Waals surface area contributed by atoms with E-state index in [0.717, 1.165) is 18.7 Å². The van der Waals surface area contributed by atoms with Gasteiger partial charge in [-0.3, -0.25) is 4.79 Å². The zero-order valence-electron chi connectivity index (χ0n) is 12.1. The highest BCUT2D eigenvalue weighted by Crippen LogP contribution is 2.24. The normalized spacial score (nSPS) is 17.6. The lowest BCUT2D eigenvalue weighted by atomic mass is 9.95. The molecule has 0 saturated carbocycles. The van der Waals surface area contributed by atoms with Gasteiger partial charge in [0.25, 0.3) is 0 Å². The molecule has 0 aromatic heterocycles. The summed E-state index contributed by atoms with van der Waals surface area (Å²) >= 11 is 11.8. The third-order valence-electron chi connectivity index (χ3n) is 4.12. The molecule has 0 bridgehead atoms. The third-order valence-corrected chi connectivity index (χ3v) is 4.86. The maximum absolute atomic E-state index is 12.3. The van der Waals surface area contributed by atoms with Gasteiger partial charge in [0, 0.05) is 18.5 Å². The van der Waals surface area contributed by atoms with Crippen LogP contribution in [0.1, 0.15) is 33.8 Å². The summed E-state index contributed by atoms with van der Waals surface area (Å²) in [5.41, 5.74) is 2.96. The zero-order chi connectivity index (χ0) is 15.5. The lowest BCUT2D eigenvalue weighted by Gasteiger charge is -2.09. The van der Waals surface area contributed by atoms with Crippen LogP contribution in [0, 0.1) is 0 Å². The predicted molar refractivity (Wildman–Crippen MR) is 91.2 cm³/mol. The predicted octanol–water partition coefficient (Wildman–Crippen LogP) is 4.50. The molecule has 1 atom stereocenters. The number of carbonyl (C=O) groups is 1. The number of hydrogen-bond donors (Lipinski definition) is 1. The number of benzene rings is 2. The second-order valence-corrected chi connectivity index (χ2v) is 6.47. The highest BCUT2D eigenvalue weighted by atomic mass is 35.5. The van der Waals surface area contributed by atoms with Crippen LogP contribution in [0.25, 0.3) is 0 Å². The van der Waals surface area contributed by atoms with Crippen LogP contribution in [0.3, 0.4) is 0 Å². The van der Waals surface area contributed by atoms with Crippen LogP contribution in [0.15, 0.2) is 42.5 Å². The fourth-order valence-electron chi connectivity index (χ4n) is 2.80. The van der Waals surface area contributed by atoms with Gasteiger partial charge in [0.05, 0.1) is 10.0 Å².